The molecule has 0 radical (unpaired) electrons. The molecule has 2 heteroatoms. The Bertz CT molecular complexity index is 104. The van der Waals surface area contributed by atoms with Crippen molar-refractivity contribution in [2.75, 3.05) is 17.4 Å². The van der Waals surface area contributed by atoms with Gasteiger partial charge in [0.25, 0.3) is 0 Å². The van der Waals surface area contributed by atoms with Crippen molar-refractivity contribution in [3.63, 3.8) is 0 Å². The highest BCUT2D eigenvalue weighted by Gasteiger charge is 2.01. The molecule has 1 atom stereocenters. The van der Waals surface area contributed by atoms with Gasteiger partial charge in [0, 0.05) is 5.88 Å². The van der Waals surface area contributed by atoms with E-state index in [1.165, 1.54) is 30.8 Å². The summed E-state index contributed by atoms with van der Waals surface area (Å²) in [6.07, 6.45) is 3.86. The first kappa shape index (κ1) is 13.6. The van der Waals surface area contributed by atoms with Crippen molar-refractivity contribution in [1.29, 1.82) is 0 Å². The van der Waals surface area contributed by atoms with Gasteiger partial charge in [0.15, 0.2) is 0 Å². The van der Waals surface area contributed by atoms with Crippen molar-refractivity contribution in [3.05, 3.63) is 0 Å². The summed E-state index contributed by atoms with van der Waals surface area (Å²) in [7, 11) is 0. The Morgan fingerprint density at radius 2 is 1.62 bits per heavy atom. The lowest BCUT2D eigenvalue weighted by Gasteiger charge is -2.09. The van der Waals surface area contributed by atoms with Gasteiger partial charge in [-0.05, 0) is 42.6 Å². The fourth-order valence-electron chi connectivity index (χ4n) is 1.04. The minimum atomic E-state index is 0.809. The van der Waals surface area contributed by atoms with E-state index >= 15 is 0 Å². The van der Waals surface area contributed by atoms with Gasteiger partial charge in [0.2, 0.25) is 0 Å². The summed E-state index contributed by atoms with van der Waals surface area (Å²) >= 11 is 7.76. The molecule has 0 aromatic heterocycles. The summed E-state index contributed by atoms with van der Waals surface area (Å²) in [5.41, 5.74) is 0. The number of thioether (sulfide) groups is 1. The average Bonchev–Trinajstić information content (AvgIpc) is 2.03. The molecule has 0 nitrogen and oxygen atoms in total. The first-order valence-corrected chi connectivity index (χ1v) is 6.99. The minimum Gasteiger partial charge on any atom is -0.162 e. The third-order valence-corrected chi connectivity index (χ3v) is 3.46. The second-order valence-electron chi connectivity index (χ2n) is 4.17. The highest BCUT2D eigenvalue weighted by molar-refractivity contribution is 7.99. The third kappa shape index (κ3) is 10.6. The Kier molecular flexibility index (Phi) is 9.66. The van der Waals surface area contributed by atoms with Crippen LogP contribution in [0.1, 0.15) is 40.0 Å². The molecule has 0 aromatic carbocycles. The van der Waals surface area contributed by atoms with E-state index in [1.807, 2.05) is 0 Å². The first-order chi connectivity index (χ1) is 6.16. The highest BCUT2D eigenvalue weighted by atomic mass is 35.5. The van der Waals surface area contributed by atoms with Gasteiger partial charge in [-0.3, -0.25) is 0 Å². The summed E-state index contributed by atoms with van der Waals surface area (Å²) in [4.78, 5) is 0. The standard InChI is InChI=1S/C11H23ClS/c1-10(2)5-8-13-9-6-11(3)4-7-12/h10-11H,4-9H2,1-3H3. The van der Waals surface area contributed by atoms with E-state index in [1.54, 1.807) is 0 Å². The fourth-order valence-corrected chi connectivity index (χ4v) is 2.82. The lowest BCUT2D eigenvalue weighted by atomic mass is 10.1. The van der Waals surface area contributed by atoms with Crippen LogP contribution in [0.15, 0.2) is 0 Å². The Labute approximate surface area is 92.8 Å². The maximum atomic E-state index is 5.67. The molecule has 0 bridgehead atoms. The van der Waals surface area contributed by atoms with Gasteiger partial charge in [-0.25, -0.2) is 0 Å². The molecule has 0 saturated heterocycles. The maximum Gasteiger partial charge on any atom is 0.0225 e. The zero-order valence-electron chi connectivity index (χ0n) is 9.18. The molecule has 0 fully saturated rings. The van der Waals surface area contributed by atoms with Crippen LogP contribution in [0.25, 0.3) is 0 Å². The molecular formula is C11H23ClS. The Morgan fingerprint density at radius 3 is 2.15 bits per heavy atom. The Balaban J connectivity index is 3.06. The second-order valence-corrected chi connectivity index (χ2v) is 5.77. The lowest BCUT2D eigenvalue weighted by Crippen LogP contribution is -1.98. The van der Waals surface area contributed by atoms with Crippen LogP contribution < -0.4 is 0 Å². The largest absolute Gasteiger partial charge is 0.162 e. The van der Waals surface area contributed by atoms with E-state index in [4.69, 9.17) is 11.6 Å². The van der Waals surface area contributed by atoms with Gasteiger partial charge < -0.3 is 0 Å². The van der Waals surface area contributed by atoms with E-state index in [-0.39, 0.29) is 0 Å². The molecular weight excluding hydrogens is 200 g/mol. The van der Waals surface area contributed by atoms with Crippen molar-refractivity contribution in [1.82, 2.24) is 0 Å². The Hall–Kier alpha value is 0.640. The Morgan fingerprint density at radius 1 is 1.00 bits per heavy atom. The summed E-state index contributed by atoms with van der Waals surface area (Å²) in [6, 6.07) is 0. The maximum absolute atomic E-state index is 5.67. The average molecular weight is 223 g/mol. The zero-order valence-corrected chi connectivity index (χ0v) is 10.8. The number of alkyl halides is 1. The second kappa shape index (κ2) is 9.21. The SMILES string of the molecule is CC(C)CCSCCC(C)CCCl. The van der Waals surface area contributed by atoms with Crippen molar-refractivity contribution in [2.45, 2.75) is 40.0 Å². The molecule has 0 N–H and O–H groups in total. The predicted molar refractivity (Wildman–Crippen MR) is 65.9 cm³/mol. The molecule has 0 saturated carbocycles. The summed E-state index contributed by atoms with van der Waals surface area (Å²) in [5.74, 6) is 5.12. The van der Waals surface area contributed by atoms with E-state index in [0.29, 0.717) is 0 Å². The van der Waals surface area contributed by atoms with Gasteiger partial charge in [-0.1, -0.05) is 20.8 Å². The molecule has 80 valence electrons. The topological polar surface area (TPSA) is 0 Å². The summed E-state index contributed by atoms with van der Waals surface area (Å²) in [6.45, 7) is 6.87. The van der Waals surface area contributed by atoms with Gasteiger partial charge in [0.05, 0.1) is 0 Å². The van der Waals surface area contributed by atoms with Gasteiger partial charge >= 0.3 is 0 Å². The normalized spacial score (nSPS) is 13.6. The van der Waals surface area contributed by atoms with Crippen molar-refractivity contribution in [2.24, 2.45) is 11.8 Å². The number of rotatable bonds is 8. The van der Waals surface area contributed by atoms with Gasteiger partial charge in [-0.15, -0.1) is 11.6 Å². The van der Waals surface area contributed by atoms with Gasteiger partial charge in [-0.2, -0.15) is 11.8 Å². The number of hydrogen-bond acceptors (Lipinski definition) is 1. The molecule has 0 heterocycles. The number of halogens is 1. The van der Waals surface area contributed by atoms with E-state index in [2.05, 4.69) is 32.5 Å². The smallest absolute Gasteiger partial charge is 0.0225 e. The summed E-state index contributed by atoms with van der Waals surface area (Å²) in [5, 5.41) is 0. The van der Waals surface area contributed by atoms with Crippen LogP contribution in [0.5, 0.6) is 0 Å². The monoisotopic (exact) mass is 222 g/mol. The molecule has 0 aliphatic rings. The lowest BCUT2D eigenvalue weighted by molar-refractivity contribution is 0.551. The number of hydrogen-bond donors (Lipinski definition) is 0. The molecule has 0 aromatic rings. The molecule has 0 rings (SSSR count). The minimum absolute atomic E-state index is 0.809. The third-order valence-electron chi connectivity index (χ3n) is 2.20. The molecule has 0 spiro atoms. The molecule has 13 heavy (non-hydrogen) atoms. The molecule has 0 aliphatic heterocycles. The van der Waals surface area contributed by atoms with E-state index in [0.717, 1.165) is 17.7 Å². The quantitative estimate of drug-likeness (QED) is 0.433. The molecule has 1 unspecified atom stereocenters. The van der Waals surface area contributed by atoms with Crippen LogP contribution in [0.3, 0.4) is 0 Å². The molecule has 0 aliphatic carbocycles. The van der Waals surface area contributed by atoms with E-state index in [9.17, 15) is 0 Å². The molecule has 0 amide bonds. The van der Waals surface area contributed by atoms with Crippen molar-refractivity contribution >= 4 is 23.4 Å². The van der Waals surface area contributed by atoms with Crippen LogP contribution in [0.4, 0.5) is 0 Å². The first-order valence-electron chi connectivity index (χ1n) is 5.30. The van der Waals surface area contributed by atoms with Crippen molar-refractivity contribution in [3.8, 4) is 0 Å². The summed E-state index contributed by atoms with van der Waals surface area (Å²) < 4.78 is 0. The highest BCUT2D eigenvalue weighted by Crippen LogP contribution is 2.15. The zero-order chi connectivity index (χ0) is 10.1. The van der Waals surface area contributed by atoms with Crippen LogP contribution >= 0.6 is 23.4 Å². The van der Waals surface area contributed by atoms with E-state index < -0.39 is 0 Å². The predicted octanol–water partition coefficient (Wildman–Crippen LogP) is 4.42. The van der Waals surface area contributed by atoms with Crippen LogP contribution in [-0.4, -0.2) is 17.4 Å². The van der Waals surface area contributed by atoms with Crippen molar-refractivity contribution < 1.29 is 0 Å². The van der Waals surface area contributed by atoms with Crippen LogP contribution in [-0.2, 0) is 0 Å². The van der Waals surface area contributed by atoms with Gasteiger partial charge in [0.1, 0.15) is 0 Å². The van der Waals surface area contributed by atoms with Crippen LogP contribution in [0, 0.1) is 11.8 Å². The fraction of sp³-hybridized carbons (Fsp3) is 1.00. The van der Waals surface area contributed by atoms with Crippen LogP contribution in [0.2, 0.25) is 0 Å².